The highest BCUT2D eigenvalue weighted by atomic mass is 32.2. The fraction of sp³-hybridized carbons (Fsp3) is 0.222. The Labute approximate surface area is 149 Å². The molecule has 0 atom stereocenters. The third-order valence-corrected chi connectivity index (χ3v) is 4.61. The van der Waals surface area contributed by atoms with E-state index < -0.39 is 0 Å². The number of amides is 1. The summed E-state index contributed by atoms with van der Waals surface area (Å²) >= 11 is 1.35. The van der Waals surface area contributed by atoms with Crippen LogP contribution in [0.3, 0.4) is 0 Å². The number of hydrogen-bond donors (Lipinski definition) is 2. The van der Waals surface area contributed by atoms with Gasteiger partial charge in [0.15, 0.2) is 5.16 Å². The van der Waals surface area contributed by atoms with Crippen molar-refractivity contribution < 1.29 is 14.3 Å². The number of rotatable bonds is 8. The highest BCUT2D eigenvalue weighted by Gasteiger charge is 2.12. The maximum Gasteiger partial charge on any atom is 0.230 e. The van der Waals surface area contributed by atoms with Crippen LogP contribution in [0.4, 0.5) is 0 Å². The number of carbonyl (C=O) groups is 1. The Morgan fingerprint density at radius 2 is 2.08 bits per heavy atom. The van der Waals surface area contributed by atoms with Crippen molar-refractivity contribution >= 4 is 17.7 Å². The predicted octanol–water partition coefficient (Wildman–Crippen LogP) is 2.43. The van der Waals surface area contributed by atoms with E-state index in [0.29, 0.717) is 24.0 Å². The summed E-state index contributed by atoms with van der Waals surface area (Å²) in [5.41, 5.74) is 1.83. The molecule has 2 N–H and O–H groups in total. The molecular weight excluding hydrogens is 338 g/mol. The SMILES string of the molecule is O=C(CSc1ncc(CO)n1Cc1ccccc1)NCc1ccco1. The second-order valence-electron chi connectivity index (χ2n) is 5.41. The van der Waals surface area contributed by atoms with Crippen molar-refractivity contribution in [1.82, 2.24) is 14.9 Å². The van der Waals surface area contributed by atoms with Crippen LogP contribution in [0.15, 0.2) is 64.5 Å². The zero-order valence-electron chi connectivity index (χ0n) is 13.6. The summed E-state index contributed by atoms with van der Waals surface area (Å²) in [6.45, 7) is 0.880. The molecule has 0 fully saturated rings. The summed E-state index contributed by atoms with van der Waals surface area (Å²) in [5, 5.41) is 13.0. The summed E-state index contributed by atoms with van der Waals surface area (Å²) < 4.78 is 7.11. The van der Waals surface area contributed by atoms with E-state index in [0.717, 1.165) is 11.3 Å². The van der Waals surface area contributed by atoms with E-state index in [1.54, 1.807) is 18.5 Å². The molecule has 6 nitrogen and oxygen atoms in total. The zero-order valence-corrected chi connectivity index (χ0v) is 14.4. The largest absolute Gasteiger partial charge is 0.467 e. The summed E-state index contributed by atoms with van der Waals surface area (Å²) in [7, 11) is 0. The van der Waals surface area contributed by atoms with Crippen molar-refractivity contribution in [3.63, 3.8) is 0 Å². The molecule has 0 saturated carbocycles. The third kappa shape index (κ3) is 4.74. The minimum absolute atomic E-state index is 0.0922. The van der Waals surface area contributed by atoms with E-state index in [9.17, 15) is 9.90 Å². The van der Waals surface area contributed by atoms with E-state index in [1.165, 1.54) is 11.8 Å². The van der Waals surface area contributed by atoms with Gasteiger partial charge in [-0.05, 0) is 17.7 Å². The van der Waals surface area contributed by atoms with Gasteiger partial charge >= 0.3 is 0 Å². The maximum atomic E-state index is 12.0. The molecule has 1 amide bonds. The minimum atomic E-state index is -0.0961. The van der Waals surface area contributed by atoms with Gasteiger partial charge < -0.3 is 19.4 Å². The number of carbonyl (C=O) groups excluding carboxylic acids is 1. The number of aromatic nitrogens is 2. The summed E-state index contributed by atoms with van der Waals surface area (Å²) in [5.74, 6) is 0.866. The van der Waals surface area contributed by atoms with Gasteiger partial charge in [-0.2, -0.15) is 0 Å². The lowest BCUT2D eigenvalue weighted by atomic mass is 10.2. The van der Waals surface area contributed by atoms with Crippen molar-refractivity contribution in [3.8, 4) is 0 Å². The number of hydrogen-bond acceptors (Lipinski definition) is 5. The van der Waals surface area contributed by atoms with Crippen LogP contribution in [-0.2, 0) is 24.5 Å². The zero-order chi connectivity index (χ0) is 17.5. The third-order valence-electron chi connectivity index (χ3n) is 3.62. The monoisotopic (exact) mass is 357 g/mol. The van der Waals surface area contributed by atoms with Crippen LogP contribution < -0.4 is 5.32 Å². The number of thioether (sulfide) groups is 1. The standard InChI is InChI=1S/C18H19N3O3S/c22-12-15-9-20-18(21(15)11-14-5-2-1-3-6-14)25-13-17(23)19-10-16-7-4-8-24-16/h1-9,22H,10-13H2,(H,19,23). The number of furan rings is 1. The molecule has 0 radical (unpaired) electrons. The lowest BCUT2D eigenvalue weighted by Gasteiger charge is -2.11. The lowest BCUT2D eigenvalue weighted by Crippen LogP contribution is -2.24. The molecule has 0 bridgehead atoms. The van der Waals surface area contributed by atoms with Gasteiger partial charge in [-0.3, -0.25) is 4.79 Å². The van der Waals surface area contributed by atoms with Crippen LogP contribution in [0.2, 0.25) is 0 Å². The molecule has 1 aromatic carbocycles. The lowest BCUT2D eigenvalue weighted by molar-refractivity contribution is -0.118. The maximum absolute atomic E-state index is 12.0. The van der Waals surface area contributed by atoms with E-state index in [2.05, 4.69) is 10.3 Å². The van der Waals surface area contributed by atoms with Gasteiger partial charge in [0.1, 0.15) is 5.76 Å². The Bertz CT molecular complexity index is 800. The number of benzene rings is 1. The highest BCUT2D eigenvalue weighted by Crippen LogP contribution is 2.20. The van der Waals surface area contributed by atoms with E-state index >= 15 is 0 Å². The van der Waals surface area contributed by atoms with E-state index in [4.69, 9.17) is 4.42 Å². The smallest absolute Gasteiger partial charge is 0.230 e. The second-order valence-corrected chi connectivity index (χ2v) is 6.35. The molecule has 2 heterocycles. The summed E-state index contributed by atoms with van der Waals surface area (Å²) in [4.78, 5) is 16.3. The molecule has 2 aromatic heterocycles. The average molecular weight is 357 g/mol. The number of nitrogens with one attached hydrogen (secondary N) is 1. The topological polar surface area (TPSA) is 80.3 Å². The molecule has 0 aliphatic carbocycles. The van der Waals surface area contributed by atoms with Gasteiger partial charge in [-0.1, -0.05) is 42.1 Å². The Balaban J connectivity index is 1.60. The number of nitrogens with zero attached hydrogens (tertiary/aromatic N) is 2. The van der Waals surface area contributed by atoms with Gasteiger partial charge in [-0.15, -0.1) is 0 Å². The van der Waals surface area contributed by atoms with E-state index in [-0.39, 0.29) is 18.3 Å². The number of aliphatic hydroxyl groups excluding tert-OH is 1. The van der Waals surface area contributed by atoms with Crippen molar-refractivity contribution in [3.05, 3.63) is 71.9 Å². The molecule has 0 spiro atoms. The molecular formula is C18H19N3O3S. The van der Waals surface area contributed by atoms with Gasteiger partial charge in [0, 0.05) is 6.54 Å². The minimum Gasteiger partial charge on any atom is -0.467 e. The van der Waals surface area contributed by atoms with Crippen LogP contribution in [-0.4, -0.2) is 26.3 Å². The van der Waals surface area contributed by atoms with Crippen molar-refractivity contribution in [1.29, 1.82) is 0 Å². The Hall–Kier alpha value is -2.51. The predicted molar refractivity (Wildman–Crippen MR) is 95.0 cm³/mol. The van der Waals surface area contributed by atoms with Crippen molar-refractivity contribution in [2.24, 2.45) is 0 Å². The Morgan fingerprint density at radius 3 is 2.80 bits per heavy atom. The fourth-order valence-electron chi connectivity index (χ4n) is 2.35. The van der Waals surface area contributed by atoms with E-state index in [1.807, 2.05) is 41.0 Å². The summed E-state index contributed by atoms with van der Waals surface area (Å²) in [6.07, 6.45) is 3.22. The first-order valence-corrected chi connectivity index (χ1v) is 8.86. The first-order valence-electron chi connectivity index (χ1n) is 7.87. The summed E-state index contributed by atoms with van der Waals surface area (Å²) in [6, 6.07) is 13.5. The first-order chi connectivity index (χ1) is 12.3. The molecule has 0 aliphatic heterocycles. The van der Waals surface area contributed by atoms with Gasteiger partial charge in [0.2, 0.25) is 5.91 Å². The van der Waals surface area contributed by atoms with Crippen LogP contribution in [0.1, 0.15) is 17.0 Å². The van der Waals surface area contributed by atoms with Crippen LogP contribution in [0.25, 0.3) is 0 Å². The molecule has 0 aliphatic rings. The quantitative estimate of drug-likeness (QED) is 0.605. The van der Waals surface area contributed by atoms with Crippen LogP contribution >= 0.6 is 11.8 Å². The molecule has 0 unspecified atom stereocenters. The van der Waals surface area contributed by atoms with Gasteiger partial charge in [-0.25, -0.2) is 4.98 Å². The van der Waals surface area contributed by atoms with Crippen LogP contribution in [0, 0.1) is 0 Å². The van der Waals surface area contributed by atoms with Gasteiger partial charge in [0.25, 0.3) is 0 Å². The highest BCUT2D eigenvalue weighted by molar-refractivity contribution is 7.99. The van der Waals surface area contributed by atoms with Crippen LogP contribution in [0.5, 0.6) is 0 Å². The normalized spacial score (nSPS) is 10.8. The number of imidazole rings is 1. The average Bonchev–Trinajstić information content (AvgIpc) is 3.29. The Kier molecular flexibility index (Phi) is 5.92. The first kappa shape index (κ1) is 17.3. The molecule has 3 rings (SSSR count). The molecule has 130 valence electrons. The molecule has 25 heavy (non-hydrogen) atoms. The second kappa shape index (κ2) is 8.55. The fourth-order valence-corrected chi connectivity index (χ4v) is 3.18. The van der Waals surface area contributed by atoms with Crippen molar-refractivity contribution in [2.75, 3.05) is 5.75 Å². The Morgan fingerprint density at radius 1 is 1.24 bits per heavy atom. The molecule has 3 aromatic rings. The van der Waals surface area contributed by atoms with Crippen molar-refractivity contribution in [2.45, 2.75) is 24.9 Å². The van der Waals surface area contributed by atoms with Gasteiger partial charge in [0.05, 0.1) is 37.1 Å². The number of aliphatic hydroxyl groups is 1. The molecule has 7 heteroatoms. The molecule has 0 saturated heterocycles.